The predicted octanol–water partition coefficient (Wildman–Crippen LogP) is 4.05. The third kappa shape index (κ3) is 1.48. The molecule has 0 N–H and O–H groups in total. The van der Waals surface area contributed by atoms with Crippen LogP contribution >= 0.6 is 0 Å². The zero-order valence-electron chi connectivity index (χ0n) is 8.43. The number of fused-ring (bicyclic) bond motifs is 1. The van der Waals surface area contributed by atoms with Crippen molar-refractivity contribution in [3.8, 4) is 0 Å². The highest BCUT2D eigenvalue weighted by Gasteiger charge is 2.06. The third-order valence-electron chi connectivity index (χ3n) is 2.91. The second-order valence-corrected chi connectivity index (χ2v) is 3.90. The van der Waals surface area contributed by atoms with Gasteiger partial charge < -0.3 is 0 Å². The van der Waals surface area contributed by atoms with E-state index in [0.717, 1.165) is 0 Å². The van der Waals surface area contributed by atoms with Crippen molar-refractivity contribution in [1.82, 2.24) is 0 Å². The van der Waals surface area contributed by atoms with E-state index in [9.17, 15) is 0 Å². The summed E-state index contributed by atoms with van der Waals surface area (Å²) in [7, 11) is 0. The van der Waals surface area contributed by atoms with Gasteiger partial charge in [0.25, 0.3) is 0 Å². The molecule has 72 valence electrons. The Morgan fingerprint density at radius 1 is 0.733 bits per heavy atom. The van der Waals surface area contributed by atoms with Crippen LogP contribution in [0, 0.1) is 0 Å². The van der Waals surface area contributed by atoms with E-state index in [-0.39, 0.29) is 0 Å². The molecule has 15 heavy (non-hydrogen) atoms. The van der Waals surface area contributed by atoms with E-state index >= 15 is 0 Å². The van der Waals surface area contributed by atoms with Gasteiger partial charge in [0, 0.05) is 5.92 Å². The normalized spacial score (nSPS) is 15.2. The Balaban J connectivity index is 2.13. The van der Waals surface area contributed by atoms with Crippen LogP contribution < -0.4 is 0 Å². The maximum absolute atomic E-state index is 2.28. The molecule has 1 aliphatic carbocycles. The Hall–Kier alpha value is -1.82. The van der Waals surface area contributed by atoms with Gasteiger partial charge in [-0.2, -0.15) is 0 Å². The standard InChI is InChI=1S/C15H12/c1-2-6-12(5-1)15-10-9-13-7-3-4-8-14(13)11-15/h1-12H. The van der Waals surface area contributed by atoms with Crippen molar-refractivity contribution in [2.24, 2.45) is 0 Å². The smallest absolute Gasteiger partial charge is 0.0205 e. The summed E-state index contributed by atoms with van der Waals surface area (Å²) < 4.78 is 0. The van der Waals surface area contributed by atoms with Gasteiger partial charge in [-0.15, -0.1) is 0 Å². The highest BCUT2D eigenvalue weighted by Crippen LogP contribution is 2.26. The van der Waals surface area contributed by atoms with E-state index in [1.54, 1.807) is 0 Å². The summed E-state index contributed by atoms with van der Waals surface area (Å²) in [6.07, 6.45) is 8.67. The first kappa shape index (κ1) is 8.49. The van der Waals surface area contributed by atoms with E-state index < -0.39 is 0 Å². The summed E-state index contributed by atoms with van der Waals surface area (Å²) in [4.78, 5) is 0. The molecule has 0 bridgehead atoms. The first-order valence-corrected chi connectivity index (χ1v) is 5.27. The molecular weight excluding hydrogens is 180 g/mol. The van der Waals surface area contributed by atoms with Crippen LogP contribution in [0.4, 0.5) is 0 Å². The van der Waals surface area contributed by atoms with E-state index in [1.807, 2.05) is 0 Å². The lowest BCUT2D eigenvalue weighted by Crippen LogP contribution is -1.88. The fourth-order valence-corrected chi connectivity index (χ4v) is 2.07. The molecule has 0 amide bonds. The molecule has 0 aliphatic heterocycles. The minimum absolute atomic E-state index is 0.467. The van der Waals surface area contributed by atoms with E-state index in [0.29, 0.717) is 5.92 Å². The molecule has 3 rings (SSSR count). The van der Waals surface area contributed by atoms with Crippen molar-refractivity contribution in [3.05, 3.63) is 72.3 Å². The molecule has 0 saturated heterocycles. The number of benzene rings is 2. The molecule has 1 aliphatic rings. The molecule has 0 aromatic heterocycles. The second-order valence-electron chi connectivity index (χ2n) is 3.90. The molecule has 2 aromatic rings. The van der Waals surface area contributed by atoms with Crippen molar-refractivity contribution < 1.29 is 0 Å². The monoisotopic (exact) mass is 192 g/mol. The number of hydrogen-bond acceptors (Lipinski definition) is 0. The van der Waals surface area contributed by atoms with Crippen molar-refractivity contribution >= 4 is 10.8 Å². The van der Waals surface area contributed by atoms with Crippen LogP contribution in [0.1, 0.15) is 11.5 Å². The quantitative estimate of drug-likeness (QED) is 0.639. The summed E-state index contributed by atoms with van der Waals surface area (Å²) in [6.45, 7) is 0. The van der Waals surface area contributed by atoms with Crippen LogP contribution in [0.3, 0.4) is 0 Å². The van der Waals surface area contributed by atoms with Gasteiger partial charge in [0.1, 0.15) is 0 Å². The number of rotatable bonds is 1. The second kappa shape index (κ2) is 3.39. The Morgan fingerprint density at radius 2 is 1.47 bits per heavy atom. The highest BCUT2D eigenvalue weighted by atomic mass is 14.1. The van der Waals surface area contributed by atoms with Gasteiger partial charge in [-0.1, -0.05) is 66.8 Å². The summed E-state index contributed by atoms with van der Waals surface area (Å²) in [5.74, 6) is 0.467. The molecule has 0 radical (unpaired) electrons. The van der Waals surface area contributed by atoms with Gasteiger partial charge in [0.15, 0.2) is 0 Å². The first-order chi connectivity index (χ1) is 7.43. The van der Waals surface area contributed by atoms with Gasteiger partial charge in [-0.25, -0.2) is 0 Å². The minimum atomic E-state index is 0.467. The van der Waals surface area contributed by atoms with E-state index in [1.165, 1.54) is 16.3 Å². The Labute approximate surface area is 89.6 Å². The van der Waals surface area contributed by atoms with Crippen LogP contribution in [0.15, 0.2) is 66.8 Å². The van der Waals surface area contributed by atoms with Crippen molar-refractivity contribution in [2.75, 3.05) is 0 Å². The summed E-state index contributed by atoms with van der Waals surface area (Å²) >= 11 is 0. The van der Waals surface area contributed by atoms with Crippen molar-refractivity contribution in [3.63, 3.8) is 0 Å². The van der Waals surface area contributed by atoms with Crippen molar-refractivity contribution in [2.45, 2.75) is 5.92 Å². The first-order valence-electron chi connectivity index (χ1n) is 5.27. The maximum Gasteiger partial charge on any atom is 0.0205 e. The number of hydrogen-bond donors (Lipinski definition) is 0. The molecule has 0 spiro atoms. The van der Waals surface area contributed by atoms with Crippen LogP contribution in [0.25, 0.3) is 10.8 Å². The van der Waals surface area contributed by atoms with E-state index in [4.69, 9.17) is 0 Å². The van der Waals surface area contributed by atoms with Crippen LogP contribution in [-0.4, -0.2) is 0 Å². The predicted molar refractivity (Wildman–Crippen MR) is 65.0 cm³/mol. The average molecular weight is 192 g/mol. The van der Waals surface area contributed by atoms with Gasteiger partial charge in [-0.3, -0.25) is 0 Å². The third-order valence-corrected chi connectivity index (χ3v) is 2.91. The average Bonchev–Trinajstić information content (AvgIpc) is 2.82. The zero-order valence-corrected chi connectivity index (χ0v) is 8.43. The molecule has 0 nitrogen and oxygen atoms in total. The zero-order chi connectivity index (χ0) is 10.1. The Bertz CT molecular complexity index is 535. The minimum Gasteiger partial charge on any atom is -0.0732 e. The Morgan fingerprint density at radius 3 is 2.27 bits per heavy atom. The lowest BCUT2D eigenvalue weighted by molar-refractivity contribution is 1.11. The van der Waals surface area contributed by atoms with Crippen LogP contribution in [0.2, 0.25) is 0 Å². The molecule has 0 fully saturated rings. The number of allylic oxidation sites excluding steroid dienone is 4. The Kier molecular flexibility index (Phi) is 1.92. The van der Waals surface area contributed by atoms with Gasteiger partial charge in [0.05, 0.1) is 0 Å². The fourth-order valence-electron chi connectivity index (χ4n) is 2.07. The van der Waals surface area contributed by atoms with Crippen molar-refractivity contribution in [1.29, 1.82) is 0 Å². The van der Waals surface area contributed by atoms with E-state index in [2.05, 4.69) is 66.8 Å². The summed E-state index contributed by atoms with van der Waals surface area (Å²) in [6, 6.07) is 15.2. The van der Waals surface area contributed by atoms with Crippen LogP contribution in [0.5, 0.6) is 0 Å². The lowest BCUT2D eigenvalue weighted by atomic mass is 9.98. The molecule has 0 heterocycles. The van der Waals surface area contributed by atoms with Gasteiger partial charge in [0.2, 0.25) is 0 Å². The largest absolute Gasteiger partial charge is 0.0732 e. The highest BCUT2D eigenvalue weighted by molar-refractivity contribution is 5.83. The summed E-state index contributed by atoms with van der Waals surface area (Å²) in [5, 5.41) is 2.64. The molecular formula is C15H12. The molecule has 0 saturated carbocycles. The fraction of sp³-hybridized carbons (Fsp3) is 0.0667. The molecule has 2 aromatic carbocycles. The maximum atomic E-state index is 2.28. The molecule has 0 atom stereocenters. The molecule has 0 unspecified atom stereocenters. The van der Waals surface area contributed by atoms with Gasteiger partial charge in [-0.05, 0) is 16.3 Å². The van der Waals surface area contributed by atoms with Crippen LogP contribution in [-0.2, 0) is 0 Å². The topological polar surface area (TPSA) is 0 Å². The summed E-state index contributed by atoms with van der Waals surface area (Å²) in [5.41, 5.74) is 1.37. The molecule has 0 heteroatoms. The SMILES string of the molecule is C1=CC(c2ccc3ccccc3c2)C=C1. The van der Waals surface area contributed by atoms with Gasteiger partial charge >= 0.3 is 0 Å². The lowest BCUT2D eigenvalue weighted by Gasteiger charge is -2.07.